The highest BCUT2D eigenvalue weighted by Gasteiger charge is 2.21. The van der Waals surface area contributed by atoms with E-state index in [9.17, 15) is 8.42 Å². The van der Waals surface area contributed by atoms with Gasteiger partial charge in [0.05, 0.1) is 11.4 Å². The Morgan fingerprint density at radius 2 is 2.22 bits per heavy atom. The zero-order chi connectivity index (χ0) is 13.2. The van der Waals surface area contributed by atoms with Crippen LogP contribution in [-0.4, -0.2) is 19.8 Å². The van der Waals surface area contributed by atoms with Crippen molar-refractivity contribution in [1.29, 1.82) is 0 Å². The molecule has 1 aliphatic rings. The summed E-state index contributed by atoms with van der Waals surface area (Å²) in [4.78, 5) is 0.466. The topological polar surface area (TPSA) is 70.9 Å². The number of hydrogen-bond donors (Lipinski definition) is 1. The summed E-state index contributed by atoms with van der Waals surface area (Å²) in [5.74, 6) is 0. The molecule has 98 valence electrons. The maximum Gasteiger partial charge on any atom is 0.242 e. The maximum absolute atomic E-state index is 12.1. The number of nitrogens with zero attached hydrogens (tertiary/aromatic N) is 2. The predicted molar refractivity (Wildman–Crippen MR) is 76.2 cm³/mol. The highest BCUT2D eigenvalue weighted by molar-refractivity contribution is 9.09. The van der Waals surface area contributed by atoms with Crippen molar-refractivity contribution in [1.82, 2.24) is 4.72 Å². The quantitative estimate of drug-likeness (QED) is 0.843. The molecule has 1 atom stereocenters. The number of nitrogens with one attached hydrogen (secondary N) is 1. The minimum absolute atomic E-state index is 0.191. The molecule has 0 aromatic heterocycles. The monoisotopic (exact) mass is 349 g/mol. The molecule has 1 N–H and O–H groups in total. The highest BCUT2D eigenvalue weighted by Crippen LogP contribution is 2.37. The summed E-state index contributed by atoms with van der Waals surface area (Å²) in [5, 5.41) is 0. The van der Waals surface area contributed by atoms with Crippen molar-refractivity contribution in [2.24, 2.45) is 8.73 Å². The van der Waals surface area contributed by atoms with Crippen molar-refractivity contribution in [3.63, 3.8) is 0 Å². The Morgan fingerprint density at radius 1 is 1.44 bits per heavy atom. The van der Waals surface area contributed by atoms with Gasteiger partial charge < -0.3 is 0 Å². The van der Waals surface area contributed by atoms with E-state index in [0.29, 0.717) is 17.9 Å². The molecule has 0 bridgehead atoms. The molecule has 18 heavy (non-hydrogen) atoms. The van der Waals surface area contributed by atoms with E-state index in [0.717, 1.165) is 17.8 Å². The SMILES string of the molecule is CC(Br)CCNS(=O)(=O)c1cccc2c1N=S=N2. The van der Waals surface area contributed by atoms with Crippen LogP contribution in [0.1, 0.15) is 13.3 Å². The summed E-state index contributed by atoms with van der Waals surface area (Å²) in [6, 6.07) is 4.97. The molecule has 1 aliphatic heterocycles. The second-order valence-corrected chi connectivity index (χ2v) is 7.68. The van der Waals surface area contributed by atoms with Gasteiger partial charge >= 0.3 is 0 Å². The van der Waals surface area contributed by atoms with Gasteiger partial charge in [0.25, 0.3) is 0 Å². The lowest BCUT2D eigenvalue weighted by Gasteiger charge is -2.09. The third-order valence-electron chi connectivity index (χ3n) is 2.37. The minimum Gasteiger partial charge on any atom is -0.211 e. The molecular weight excluding hydrogens is 338 g/mol. The van der Waals surface area contributed by atoms with Crippen LogP contribution >= 0.6 is 15.9 Å². The van der Waals surface area contributed by atoms with Crippen molar-refractivity contribution in [3.8, 4) is 0 Å². The van der Waals surface area contributed by atoms with Crippen LogP contribution in [0.25, 0.3) is 0 Å². The Morgan fingerprint density at radius 3 is 2.94 bits per heavy atom. The average molecular weight is 350 g/mol. The third-order valence-corrected chi connectivity index (χ3v) is 4.87. The Balaban J connectivity index is 2.21. The first-order valence-corrected chi connectivity index (χ1v) is 8.48. The summed E-state index contributed by atoms with van der Waals surface area (Å²) in [7, 11) is -3.52. The number of hydrogen-bond acceptors (Lipinski definition) is 4. The van der Waals surface area contributed by atoms with Crippen LogP contribution in [0.5, 0.6) is 0 Å². The maximum atomic E-state index is 12.1. The van der Waals surface area contributed by atoms with Crippen molar-refractivity contribution < 1.29 is 8.42 Å². The minimum atomic E-state index is -3.52. The normalized spacial score (nSPS) is 15.2. The van der Waals surface area contributed by atoms with E-state index in [1.54, 1.807) is 18.2 Å². The molecule has 0 amide bonds. The van der Waals surface area contributed by atoms with Gasteiger partial charge in [-0.05, 0) is 18.6 Å². The molecule has 0 saturated carbocycles. The molecule has 0 fully saturated rings. The van der Waals surface area contributed by atoms with E-state index in [1.807, 2.05) is 6.92 Å². The second-order valence-electron chi connectivity index (χ2n) is 3.86. The van der Waals surface area contributed by atoms with Crippen molar-refractivity contribution in [3.05, 3.63) is 18.2 Å². The van der Waals surface area contributed by atoms with Crippen molar-refractivity contribution in [2.75, 3.05) is 6.54 Å². The molecule has 2 rings (SSSR count). The first kappa shape index (κ1) is 13.9. The lowest BCUT2D eigenvalue weighted by atomic mass is 10.3. The van der Waals surface area contributed by atoms with E-state index < -0.39 is 10.0 Å². The zero-order valence-corrected chi connectivity index (χ0v) is 12.8. The fourth-order valence-corrected chi connectivity index (χ4v) is 3.51. The number of halogens is 1. The Bertz CT molecular complexity index is 622. The van der Waals surface area contributed by atoms with E-state index in [4.69, 9.17) is 0 Å². The van der Waals surface area contributed by atoms with Crippen LogP contribution in [0.3, 0.4) is 0 Å². The highest BCUT2D eigenvalue weighted by atomic mass is 79.9. The molecule has 0 spiro atoms. The largest absolute Gasteiger partial charge is 0.242 e. The summed E-state index contributed by atoms with van der Waals surface area (Å²) in [5.41, 5.74) is 1.04. The number of sulfonamides is 1. The standard InChI is InChI=1S/C10H12BrN3O2S2/c1-7(11)5-6-12-18(15,16)9-4-2-3-8-10(9)14-17-13-8/h2-4,7,12H,5-6H2,1H3. The summed E-state index contributed by atoms with van der Waals surface area (Å²) >= 11 is 4.39. The van der Waals surface area contributed by atoms with Crippen LogP contribution in [0.4, 0.5) is 11.4 Å². The van der Waals surface area contributed by atoms with Gasteiger partial charge in [0.2, 0.25) is 10.0 Å². The van der Waals surface area contributed by atoms with Crippen LogP contribution < -0.4 is 4.72 Å². The Labute approximate surface area is 118 Å². The average Bonchev–Trinajstić information content (AvgIpc) is 2.75. The van der Waals surface area contributed by atoms with Gasteiger partial charge in [-0.15, -0.1) is 0 Å². The van der Waals surface area contributed by atoms with E-state index in [2.05, 4.69) is 29.4 Å². The van der Waals surface area contributed by atoms with Crippen LogP contribution in [0, 0.1) is 0 Å². The van der Waals surface area contributed by atoms with E-state index in [-0.39, 0.29) is 9.72 Å². The fraction of sp³-hybridized carbons (Fsp3) is 0.400. The summed E-state index contributed by atoms with van der Waals surface area (Å²) < 4.78 is 34.9. The van der Waals surface area contributed by atoms with Gasteiger partial charge in [-0.1, -0.05) is 28.9 Å². The lowest BCUT2D eigenvalue weighted by Crippen LogP contribution is -2.26. The molecule has 0 saturated heterocycles. The fourth-order valence-electron chi connectivity index (χ4n) is 1.47. The number of alkyl halides is 1. The van der Waals surface area contributed by atoms with Crippen molar-refractivity contribution in [2.45, 2.75) is 23.1 Å². The van der Waals surface area contributed by atoms with Crippen LogP contribution in [-0.2, 0) is 21.4 Å². The van der Waals surface area contributed by atoms with Gasteiger partial charge in [-0.3, -0.25) is 0 Å². The molecule has 0 radical (unpaired) electrons. The molecule has 1 aromatic rings. The molecule has 1 heterocycles. The number of rotatable bonds is 5. The first-order valence-electron chi connectivity index (χ1n) is 5.36. The molecule has 1 aromatic carbocycles. The second kappa shape index (κ2) is 5.60. The van der Waals surface area contributed by atoms with E-state index in [1.165, 1.54) is 0 Å². The summed E-state index contributed by atoms with van der Waals surface area (Å²) in [6.07, 6.45) is 0.727. The van der Waals surface area contributed by atoms with Crippen LogP contribution in [0.15, 0.2) is 31.8 Å². The van der Waals surface area contributed by atoms with Gasteiger partial charge in [0.15, 0.2) is 0 Å². The number of fused-ring (bicyclic) bond motifs is 1. The van der Waals surface area contributed by atoms with Gasteiger partial charge in [-0.25, -0.2) is 13.1 Å². The number of benzene rings is 1. The molecule has 1 unspecified atom stereocenters. The Hall–Kier alpha value is -0.570. The van der Waals surface area contributed by atoms with Crippen LogP contribution in [0.2, 0.25) is 0 Å². The molecule has 5 nitrogen and oxygen atoms in total. The third kappa shape index (κ3) is 3.05. The van der Waals surface area contributed by atoms with E-state index >= 15 is 0 Å². The zero-order valence-electron chi connectivity index (χ0n) is 9.63. The smallest absolute Gasteiger partial charge is 0.211 e. The summed E-state index contributed by atoms with van der Waals surface area (Å²) in [6.45, 7) is 2.36. The Kier molecular flexibility index (Phi) is 4.31. The molecule has 8 heteroatoms. The molecule has 0 aliphatic carbocycles. The van der Waals surface area contributed by atoms with Gasteiger partial charge in [0.1, 0.15) is 16.3 Å². The predicted octanol–water partition coefficient (Wildman–Crippen LogP) is 2.86. The first-order chi connectivity index (χ1) is 8.50. The molecular formula is C10H12BrN3O2S2. The van der Waals surface area contributed by atoms with Gasteiger partial charge in [0, 0.05) is 11.4 Å². The lowest BCUT2D eigenvalue weighted by molar-refractivity contribution is 0.579. The van der Waals surface area contributed by atoms with Gasteiger partial charge in [-0.2, -0.15) is 8.73 Å². The van der Waals surface area contributed by atoms with Crippen molar-refractivity contribution >= 4 is 48.7 Å².